The maximum absolute atomic E-state index is 11.7. The van der Waals surface area contributed by atoms with Crippen LogP contribution < -0.4 is 16.0 Å². The molecule has 2 aromatic rings. The average Bonchev–Trinajstić information content (AvgIpc) is 2.46. The number of amides is 1. The van der Waals surface area contributed by atoms with Gasteiger partial charge in [-0.25, -0.2) is 0 Å². The first kappa shape index (κ1) is 15.2. The average molecular weight is 303 g/mol. The molecule has 0 bridgehead atoms. The van der Waals surface area contributed by atoms with Gasteiger partial charge in [-0.3, -0.25) is 19.7 Å². The van der Waals surface area contributed by atoms with Crippen molar-refractivity contribution in [3.63, 3.8) is 0 Å². The molecule has 1 heterocycles. The molecule has 0 aliphatic carbocycles. The van der Waals surface area contributed by atoms with Crippen molar-refractivity contribution in [3.8, 4) is 16.9 Å². The number of primary amides is 1. The van der Waals surface area contributed by atoms with Crippen molar-refractivity contribution in [1.29, 1.82) is 0 Å². The molecule has 3 N–H and O–H groups in total. The maximum Gasteiger partial charge on any atom is 0.311 e. The minimum Gasteiger partial charge on any atom is -0.490 e. The normalized spacial score (nSPS) is 10.3. The lowest BCUT2D eigenvalue weighted by atomic mass is 10.0. The van der Waals surface area contributed by atoms with Crippen molar-refractivity contribution < 1.29 is 14.5 Å². The number of H-pyrrole nitrogens is 1. The molecule has 0 atom stereocenters. The molecule has 0 radical (unpaired) electrons. The fourth-order valence-electron chi connectivity index (χ4n) is 2.11. The standard InChI is InChI=1S/C14H13N3O5/c1-7-9(6-10(13(15)18)14(19)16-7)8-3-4-12(22-2)11(5-8)17(20)21/h3-6H,1-2H3,(H2,15,18)(H,16,19). The topological polar surface area (TPSA) is 128 Å². The number of nitrogens with zero attached hydrogens (tertiary/aromatic N) is 1. The summed E-state index contributed by atoms with van der Waals surface area (Å²) >= 11 is 0. The van der Waals surface area contributed by atoms with Crippen LogP contribution in [-0.2, 0) is 0 Å². The number of nitro groups is 1. The highest BCUT2D eigenvalue weighted by molar-refractivity contribution is 5.94. The highest BCUT2D eigenvalue weighted by atomic mass is 16.6. The molecule has 0 aliphatic rings. The second-order valence-electron chi connectivity index (χ2n) is 4.56. The zero-order valence-electron chi connectivity index (χ0n) is 11.9. The number of methoxy groups -OCH3 is 1. The third kappa shape index (κ3) is 2.66. The Bertz CT molecular complexity index is 826. The number of aromatic amines is 1. The second kappa shape index (κ2) is 5.68. The van der Waals surface area contributed by atoms with Crippen molar-refractivity contribution in [2.24, 2.45) is 5.73 Å². The SMILES string of the molecule is COc1ccc(-c2cc(C(N)=O)c(=O)[nH]c2C)cc1[N+](=O)[O-]. The van der Waals surface area contributed by atoms with Crippen LogP contribution in [0.15, 0.2) is 29.1 Å². The van der Waals surface area contributed by atoms with Gasteiger partial charge in [0.2, 0.25) is 0 Å². The van der Waals surface area contributed by atoms with Gasteiger partial charge in [-0.05, 0) is 24.6 Å². The molecular weight excluding hydrogens is 290 g/mol. The van der Waals surface area contributed by atoms with E-state index in [0.717, 1.165) is 0 Å². The third-order valence-electron chi connectivity index (χ3n) is 3.19. The zero-order valence-corrected chi connectivity index (χ0v) is 11.9. The Morgan fingerprint density at radius 2 is 2.05 bits per heavy atom. The molecule has 8 nitrogen and oxygen atoms in total. The van der Waals surface area contributed by atoms with Gasteiger partial charge in [0, 0.05) is 17.3 Å². The van der Waals surface area contributed by atoms with E-state index in [1.54, 1.807) is 13.0 Å². The molecule has 0 spiro atoms. The van der Waals surface area contributed by atoms with Gasteiger partial charge >= 0.3 is 5.69 Å². The molecule has 0 fully saturated rings. The van der Waals surface area contributed by atoms with Crippen LogP contribution in [0.1, 0.15) is 16.1 Å². The molecule has 0 aliphatic heterocycles. The van der Waals surface area contributed by atoms with Crippen molar-refractivity contribution in [2.75, 3.05) is 7.11 Å². The zero-order chi connectivity index (χ0) is 16.4. The highest BCUT2D eigenvalue weighted by Crippen LogP contribution is 2.32. The lowest BCUT2D eigenvalue weighted by molar-refractivity contribution is -0.385. The monoisotopic (exact) mass is 303 g/mol. The van der Waals surface area contributed by atoms with E-state index in [-0.39, 0.29) is 17.0 Å². The summed E-state index contributed by atoms with van der Waals surface area (Å²) in [6, 6.07) is 5.67. The van der Waals surface area contributed by atoms with Crippen molar-refractivity contribution in [3.05, 3.63) is 56.0 Å². The first-order valence-corrected chi connectivity index (χ1v) is 6.21. The van der Waals surface area contributed by atoms with Crippen LogP contribution >= 0.6 is 0 Å². The third-order valence-corrected chi connectivity index (χ3v) is 3.19. The lowest BCUT2D eigenvalue weighted by Crippen LogP contribution is -2.24. The van der Waals surface area contributed by atoms with E-state index in [9.17, 15) is 19.7 Å². The summed E-state index contributed by atoms with van der Waals surface area (Å²) in [7, 11) is 1.33. The van der Waals surface area contributed by atoms with E-state index >= 15 is 0 Å². The number of rotatable bonds is 4. The van der Waals surface area contributed by atoms with Gasteiger partial charge in [0.05, 0.1) is 12.0 Å². The number of carbonyl (C=O) groups excluding carboxylic acids is 1. The summed E-state index contributed by atoms with van der Waals surface area (Å²) in [6.45, 7) is 1.62. The van der Waals surface area contributed by atoms with E-state index in [1.807, 2.05) is 0 Å². The van der Waals surface area contributed by atoms with E-state index < -0.39 is 16.4 Å². The molecule has 22 heavy (non-hydrogen) atoms. The Morgan fingerprint density at radius 3 is 2.59 bits per heavy atom. The van der Waals surface area contributed by atoms with Gasteiger partial charge in [0.25, 0.3) is 11.5 Å². The number of hydrogen-bond acceptors (Lipinski definition) is 5. The molecule has 0 saturated heterocycles. The number of aromatic nitrogens is 1. The van der Waals surface area contributed by atoms with Gasteiger partial charge in [-0.2, -0.15) is 0 Å². The largest absolute Gasteiger partial charge is 0.490 e. The number of carbonyl (C=O) groups is 1. The fourth-order valence-corrected chi connectivity index (χ4v) is 2.11. The predicted octanol–water partition coefficient (Wildman–Crippen LogP) is 1.37. The number of aryl methyl sites for hydroxylation is 1. The molecule has 8 heteroatoms. The molecule has 2 rings (SSSR count). The summed E-state index contributed by atoms with van der Waals surface area (Å²) in [6.07, 6.45) is 0. The predicted molar refractivity (Wildman–Crippen MR) is 79.0 cm³/mol. The van der Waals surface area contributed by atoms with Crippen molar-refractivity contribution in [2.45, 2.75) is 6.92 Å². The molecule has 1 aromatic carbocycles. The molecule has 1 aromatic heterocycles. The molecule has 0 unspecified atom stereocenters. The van der Waals surface area contributed by atoms with E-state index in [0.29, 0.717) is 16.8 Å². The van der Waals surface area contributed by atoms with E-state index in [4.69, 9.17) is 10.5 Å². The Morgan fingerprint density at radius 1 is 1.36 bits per heavy atom. The molecular formula is C14H13N3O5. The van der Waals surface area contributed by atoms with Crippen LogP contribution in [0.5, 0.6) is 5.75 Å². The number of hydrogen-bond donors (Lipinski definition) is 2. The summed E-state index contributed by atoms with van der Waals surface area (Å²) in [5, 5.41) is 11.1. The number of pyridine rings is 1. The number of benzene rings is 1. The van der Waals surface area contributed by atoms with Crippen LogP contribution in [0.25, 0.3) is 11.1 Å². The number of nitrogens with two attached hydrogens (primary N) is 1. The van der Waals surface area contributed by atoms with Crippen LogP contribution in [0.3, 0.4) is 0 Å². The Balaban J connectivity index is 2.69. The fraction of sp³-hybridized carbons (Fsp3) is 0.143. The van der Waals surface area contributed by atoms with Gasteiger partial charge < -0.3 is 15.5 Å². The molecule has 1 amide bonds. The Kier molecular flexibility index (Phi) is 3.93. The first-order valence-electron chi connectivity index (χ1n) is 6.21. The lowest BCUT2D eigenvalue weighted by Gasteiger charge is -2.09. The maximum atomic E-state index is 11.7. The van der Waals surface area contributed by atoms with Crippen LogP contribution in [0.4, 0.5) is 5.69 Å². The number of nitrogens with one attached hydrogen (secondary N) is 1. The van der Waals surface area contributed by atoms with Gasteiger partial charge in [-0.15, -0.1) is 0 Å². The summed E-state index contributed by atoms with van der Waals surface area (Å²) in [5.74, 6) is -0.753. The van der Waals surface area contributed by atoms with Gasteiger partial charge in [0.15, 0.2) is 5.75 Å². The Labute approximate surface area is 124 Å². The van der Waals surface area contributed by atoms with Gasteiger partial charge in [-0.1, -0.05) is 6.07 Å². The number of nitro benzene ring substituents is 1. The van der Waals surface area contributed by atoms with Crippen molar-refractivity contribution >= 4 is 11.6 Å². The highest BCUT2D eigenvalue weighted by Gasteiger charge is 2.18. The minimum absolute atomic E-state index is 0.117. The van der Waals surface area contributed by atoms with Crippen LogP contribution in [0.2, 0.25) is 0 Å². The summed E-state index contributed by atoms with van der Waals surface area (Å²) in [5.41, 5.74) is 5.52. The minimum atomic E-state index is -0.870. The van der Waals surface area contributed by atoms with Crippen molar-refractivity contribution in [1.82, 2.24) is 4.98 Å². The summed E-state index contributed by atoms with van der Waals surface area (Å²) in [4.78, 5) is 35.9. The van der Waals surface area contributed by atoms with Crippen LogP contribution in [0, 0.1) is 17.0 Å². The second-order valence-corrected chi connectivity index (χ2v) is 4.56. The smallest absolute Gasteiger partial charge is 0.311 e. The molecule has 0 saturated carbocycles. The number of ether oxygens (including phenoxy) is 1. The Hall–Kier alpha value is -3.16. The first-order chi connectivity index (χ1) is 10.3. The molecule has 114 valence electrons. The quantitative estimate of drug-likeness (QED) is 0.651. The van der Waals surface area contributed by atoms with E-state index in [2.05, 4.69) is 4.98 Å². The van der Waals surface area contributed by atoms with Crippen LogP contribution in [-0.4, -0.2) is 22.9 Å². The van der Waals surface area contributed by atoms with E-state index in [1.165, 1.54) is 25.3 Å². The summed E-state index contributed by atoms with van der Waals surface area (Å²) < 4.78 is 4.94. The van der Waals surface area contributed by atoms with Gasteiger partial charge in [0.1, 0.15) is 5.56 Å².